The van der Waals surface area contributed by atoms with Gasteiger partial charge in [-0.2, -0.15) is 0 Å². The second-order valence-corrected chi connectivity index (χ2v) is 7.88. The van der Waals surface area contributed by atoms with E-state index in [1.54, 1.807) is 35.6 Å². The molecule has 0 radical (unpaired) electrons. The fourth-order valence-corrected chi connectivity index (χ4v) is 4.19. The van der Waals surface area contributed by atoms with Crippen molar-refractivity contribution in [2.45, 2.75) is 19.4 Å². The largest absolute Gasteiger partial charge is 0.457 e. The number of nitrogens with one attached hydrogen (secondary N) is 1. The summed E-state index contributed by atoms with van der Waals surface area (Å²) in [4.78, 5) is 28.0. The number of nitrogens with zero attached hydrogens (tertiary/aromatic N) is 1. The van der Waals surface area contributed by atoms with Crippen LogP contribution in [0.4, 0.5) is 0 Å². The Labute approximate surface area is 173 Å². The van der Waals surface area contributed by atoms with Crippen molar-refractivity contribution in [3.05, 3.63) is 82.0 Å². The van der Waals surface area contributed by atoms with Crippen molar-refractivity contribution in [1.82, 2.24) is 10.2 Å². The minimum Gasteiger partial charge on any atom is -0.457 e. The molecule has 29 heavy (non-hydrogen) atoms. The van der Waals surface area contributed by atoms with E-state index in [2.05, 4.69) is 16.8 Å². The number of carbonyl (C=O) groups excluding carboxylic acids is 2. The Kier molecular flexibility index (Phi) is 5.91. The Morgan fingerprint density at radius 1 is 1.00 bits per heavy atom. The van der Waals surface area contributed by atoms with E-state index in [1.165, 1.54) is 10.4 Å². The van der Waals surface area contributed by atoms with E-state index < -0.39 is 0 Å². The molecule has 2 heterocycles. The molecule has 2 amide bonds. The standard InChI is InChI=1S/C23H22N2O3S/c26-22(25-14-11-21-18(16-25)12-15-29-21)10-13-24-23(27)17-6-8-20(9-7-17)28-19-4-2-1-3-5-19/h1-9,12,15H,10-11,13-14,16H2,(H,24,27). The maximum absolute atomic E-state index is 12.4. The third kappa shape index (κ3) is 4.84. The predicted molar refractivity (Wildman–Crippen MR) is 113 cm³/mol. The first-order valence-electron chi connectivity index (χ1n) is 9.63. The van der Waals surface area contributed by atoms with Crippen LogP contribution < -0.4 is 10.1 Å². The summed E-state index contributed by atoms with van der Waals surface area (Å²) in [5.74, 6) is 1.30. The van der Waals surface area contributed by atoms with Crippen LogP contribution in [0.2, 0.25) is 0 Å². The molecule has 5 nitrogen and oxygen atoms in total. The average Bonchev–Trinajstić information content (AvgIpc) is 3.23. The summed E-state index contributed by atoms with van der Waals surface area (Å²) in [5, 5.41) is 4.91. The third-order valence-corrected chi connectivity index (χ3v) is 5.90. The molecule has 2 aromatic carbocycles. The van der Waals surface area contributed by atoms with Crippen molar-refractivity contribution in [1.29, 1.82) is 0 Å². The van der Waals surface area contributed by atoms with Gasteiger partial charge in [0.2, 0.25) is 5.91 Å². The van der Waals surface area contributed by atoms with Gasteiger partial charge in [-0.05, 0) is 59.8 Å². The van der Waals surface area contributed by atoms with Crippen LogP contribution in [0.25, 0.3) is 0 Å². The molecule has 3 aromatic rings. The average molecular weight is 407 g/mol. The number of carbonyl (C=O) groups is 2. The topological polar surface area (TPSA) is 58.6 Å². The van der Waals surface area contributed by atoms with Crippen molar-refractivity contribution < 1.29 is 14.3 Å². The van der Waals surface area contributed by atoms with Gasteiger partial charge in [0.05, 0.1) is 0 Å². The number of para-hydroxylation sites is 1. The number of benzene rings is 2. The summed E-state index contributed by atoms with van der Waals surface area (Å²) in [6.07, 6.45) is 1.23. The van der Waals surface area contributed by atoms with Crippen molar-refractivity contribution in [2.75, 3.05) is 13.1 Å². The summed E-state index contributed by atoms with van der Waals surface area (Å²) in [5.41, 5.74) is 1.79. The predicted octanol–water partition coefficient (Wildman–Crippen LogP) is 4.25. The number of rotatable bonds is 6. The molecule has 0 unspecified atom stereocenters. The number of hydrogen-bond acceptors (Lipinski definition) is 4. The summed E-state index contributed by atoms with van der Waals surface area (Å²) in [6.45, 7) is 1.75. The van der Waals surface area contributed by atoms with Crippen LogP contribution in [0.3, 0.4) is 0 Å². The summed E-state index contributed by atoms with van der Waals surface area (Å²) >= 11 is 1.76. The number of amides is 2. The summed E-state index contributed by atoms with van der Waals surface area (Å²) < 4.78 is 5.73. The maximum Gasteiger partial charge on any atom is 0.251 e. The van der Waals surface area contributed by atoms with E-state index in [1.807, 2.05) is 35.2 Å². The van der Waals surface area contributed by atoms with Crippen LogP contribution in [0.1, 0.15) is 27.2 Å². The highest BCUT2D eigenvalue weighted by Gasteiger charge is 2.21. The molecule has 0 saturated carbocycles. The molecule has 0 fully saturated rings. The number of hydrogen-bond donors (Lipinski definition) is 1. The van der Waals surface area contributed by atoms with Gasteiger partial charge in [-0.3, -0.25) is 9.59 Å². The quantitative estimate of drug-likeness (QED) is 0.666. The van der Waals surface area contributed by atoms with Gasteiger partial charge in [-0.15, -0.1) is 11.3 Å². The first kappa shape index (κ1) is 19.2. The van der Waals surface area contributed by atoms with Gasteiger partial charge in [-0.1, -0.05) is 18.2 Å². The van der Waals surface area contributed by atoms with Gasteiger partial charge < -0.3 is 15.0 Å². The molecule has 0 bridgehead atoms. The maximum atomic E-state index is 12.4. The third-order valence-electron chi connectivity index (χ3n) is 4.88. The number of fused-ring (bicyclic) bond motifs is 1. The fourth-order valence-electron chi connectivity index (χ4n) is 3.30. The molecule has 1 aromatic heterocycles. The van der Waals surface area contributed by atoms with Crippen LogP contribution in [0, 0.1) is 0 Å². The lowest BCUT2D eigenvalue weighted by atomic mass is 10.1. The second-order valence-electron chi connectivity index (χ2n) is 6.88. The van der Waals surface area contributed by atoms with E-state index in [-0.39, 0.29) is 11.8 Å². The SMILES string of the molecule is O=C(NCCC(=O)N1CCc2sccc2C1)c1ccc(Oc2ccccc2)cc1. The molecule has 1 N–H and O–H groups in total. The van der Waals surface area contributed by atoms with Crippen molar-refractivity contribution in [3.8, 4) is 11.5 Å². The first-order chi connectivity index (χ1) is 14.2. The lowest BCUT2D eigenvalue weighted by Gasteiger charge is -2.27. The second kappa shape index (κ2) is 8.92. The van der Waals surface area contributed by atoms with Crippen LogP contribution in [0.15, 0.2) is 66.0 Å². The van der Waals surface area contributed by atoms with Crippen molar-refractivity contribution >= 4 is 23.2 Å². The Hall–Kier alpha value is -3.12. The zero-order valence-electron chi connectivity index (χ0n) is 16.0. The Morgan fingerprint density at radius 2 is 1.76 bits per heavy atom. The molecule has 0 aliphatic carbocycles. The van der Waals surface area contributed by atoms with Crippen molar-refractivity contribution in [3.63, 3.8) is 0 Å². The normalized spacial score (nSPS) is 12.9. The molecular weight excluding hydrogens is 384 g/mol. The number of ether oxygens (including phenoxy) is 1. The lowest BCUT2D eigenvalue weighted by molar-refractivity contribution is -0.131. The number of thiophene rings is 1. The van der Waals surface area contributed by atoms with E-state index >= 15 is 0 Å². The van der Waals surface area contributed by atoms with Gasteiger partial charge in [-0.25, -0.2) is 0 Å². The van der Waals surface area contributed by atoms with E-state index in [0.29, 0.717) is 30.8 Å². The summed E-state index contributed by atoms with van der Waals surface area (Å²) in [7, 11) is 0. The Balaban J connectivity index is 1.24. The highest BCUT2D eigenvalue weighted by atomic mass is 32.1. The van der Waals surface area contributed by atoms with Crippen molar-refractivity contribution in [2.24, 2.45) is 0 Å². The van der Waals surface area contributed by atoms with Crippen LogP contribution in [-0.2, 0) is 17.8 Å². The Bertz CT molecular complexity index is 983. The lowest BCUT2D eigenvalue weighted by Crippen LogP contribution is -2.37. The Morgan fingerprint density at radius 3 is 2.55 bits per heavy atom. The first-order valence-corrected chi connectivity index (χ1v) is 10.5. The highest BCUT2D eigenvalue weighted by Crippen LogP contribution is 2.24. The minimum atomic E-state index is -0.192. The smallest absolute Gasteiger partial charge is 0.251 e. The fraction of sp³-hybridized carbons (Fsp3) is 0.217. The zero-order valence-corrected chi connectivity index (χ0v) is 16.8. The van der Waals surface area contributed by atoms with E-state index in [4.69, 9.17) is 4.74 Å². The molecule has 6 heteroatoms. The highest BCUT2D eigenvalue weighted by molar-refractivity contribution is 7.10. The summed E-state index contributed by atoms with van der Waals surface area (Å²) in [6, 6.07) is 18.5. The molecule has 0 spiro atoms. The van der Waals surface area contributed by atoms with Crippen LogP contribution in [0.5, 0.6) is 11.5 Å². The monoisotopic (exact) mass is 406 g/mol. The van der Waals surface area contributed by atoms with E-state index in [0.717, 1.165) is 18.7 Å². The minimum absolute atomic E-state index is 0.0776. The molecule has 1 aliphatic rings. The van der Waals surface area contributed by atoms with Gasteiger partial charge in [0.15, 0.2) is 0 Å². The molecular formula is C23H22N2O3S. The molecule has 4 rings (SSSR count). The van der Waals surface area contributed by atoms with Crippen LogP contribution in [-0.4, -0.2) is 29.8 Å². The van der Waals surface area contributed by atoms with Crippen LogP contribution >= 0.6 is 11.3 Å². The zero-order chi connectivity index (χ0) is 20.1. The van der Waals surface area contributed by atoms with Gasteiger partial charge in [0.1, 0.15) is 11.5 Å². The molecule has 1 aliphatic heterocycles. The van der Waals surface area contributed by atoms with Gasteiger partial charge in [0, 0.05) is 36.5 Å². The molecule has 0 saturated heterocycles. The molecule has 0 atom stereocenters. The van der Waals surface area contributed by atoms with E-state index in [9.17, 15) is 9.59 Å². The van der Waals surface area contributed by atoms with Gasteiger partial charge in [0.25, 0.3) is 5.91 Å². The van der Waals surface area contributed by atoms with Gasteiger partial charge >= 0.3 is 0 Å². The molecule has 148 valence electrons.